The van der Waals surface area contributed by atoms with Crippen LogP contribution in [0.25, 0.3) is 133 Å². The third kappa shape index (κ3) is 12.7. The first-order valence-corrected chi connectivity index (χ1v) is 34.1. The number of hydrogen-bond acceptors (Lipinski definition) is 8. The third-order valence-corrected chi connectivity index (χ3v) is 19.4. The number of pyridine rings is 8. The van der Waals surface area contributed by atoms with Crippen LogP contribution in [0.2, 0.25) is 0 Å². The van der Waals surface area contributed by atoms with Crippen LogP contribution in [0.15, 0.2) is 164 Å². The topological polar surface area (TPSA) is 120 Å². The Balaban J connectivity index is 0.000000138. The van der Waals surface area contributed by atoms with Gasteiger partial charge in [-0.05, 0) is 223 Å². The number of benzene rings is 4. The van der Waals surface area contributed by atoms with E-state index in [1.807, 2.05) is 132 Å². The van der Waals surface area contributed by atoms with Gasteiger partial charge in [-0.3, -0.25) is 0 Å². The van der Waals surface area contributed by atoms with E-state index in [0.29, 0.717) is 117 Å². The van der Waals surface area contributed by atoms with E-state index in [0.717, 1.165) is 72.9 Å². The Morgan fingerprint density at radius 3 is 1.08 bits per heavy atom. The van der Waals surface area contributed by atoms with Gasteiger partial charge in [-0.1, -0.05) is 65.7 Å². The summed E-state index contributed by atoms with van der Waals surface area (Å²) in [5, 5.41) is 5.81. The van der Waals surface area contributed by atoms with Gasteiger partial charge in [-0.25, -0.2) is 38.2 Å². The Kier molecular flexibility index (Phi) is 13.8. The van der Waals surface area contributed by atoms with E-state index in [1.54, 1.807) is 68.2 Å². The molecule has 0 fully saturated rings. The summed E-state index contributed by atoms with van der Waals surface area (Å²) in [6, 6.07) is 38.0. The van der Waals surface area contributed by atoms with Crippen molar-refractivity contribution in [3.63, 3.8) is 0 Å². The van der Waals surface area contributed by atoms with E-state index in [2.05, 4.69) is 95.8 Å². The standard InChI is InChI=1S/C24H27N2O.2C23H25N2O.C20H19N2O/c1-13(2)19-12-26(7)20(11-14(19)3)22-16(5)10-15(4)21-18-9-8-17(6)25-24(18)27-23(21)22;2*1-13(2)17-9-10-25(6)19(12-17)21-15(4)11-14(3)20-18-8-7-16(5)24-23(18)26-22(20)21;1-12-11-13(2)18(16-7-5-6-10-22(16)4)19-17(12)15-9-8-14(3)21-20(15)23-19/h8-13H,1-7H3;2*7-13H,1-6H3;5-11H,1-4H3/q4*+1/i1D3,4D3,13D;1D3,3D3,13D;;1D3. The second kappa shape index (κ2) is 27.3. The molecule has 0 spiro atoms. The molecule has 0 aliphatic heterocycles. The predicted octanol–water partition coefficient (Wildman–Crippen LogP) is 21.3. The van der Waals surface area contributed by atoms with E-state index in [9.17, 15) is 0 Å². The molecular weight excluding hydrogens is 1260 g/mol. The number of fused-ring (bicyclic) bond motifs is 12. The number of nitrogens with zero attached hydrogens (tertiary/aromatic N) is 8. The molecule has 2 atom stereocenters. The van der Waals surface area contributed by atoms with Crippen molar-refractivity contribution in [2.45, 2.75) is 149 Å². The van der Waals surface area contributed by atoms with Crippen LogP contribution in [-0.4, -0.2) is 19.9 Å². The average molecular weight is 1370 g/mol. The molecule has 102 heavy (non-hydrogen) atoms. The Morgan fingerprint density at radius 2 is 0.696 bits per heavy atom. The Hall–Kier alpha value is -10.7. The molecule has 0 amide bonds. The van der Waals surface area contributed by atoms with Gasteiger partial charge in [-0.15, -0.1) is 0 Å². The van der Waals surface area contributed by atoms with Crippen molar-refractivity contribution >= 4 is 88.3 Å². The number of aryl methyl sites for hydroxylation is 17. The highest BCUT2D eigenvalue weighted by molar-refractivity contribution is 6.14. The maximum atomic E-state index is 8.53. The molecule has 0 bridgehead atoms. The Bertz CT molecular complexity index is 6770. The first-order valence-electron chi connectivity index (χ1n) is 42.6. The lowest BCUT2D eigenvalue weighted by Gasteiger charge is -2.12. The van der Waals surface area contributed by atoms with E-state index in [1.165, 1.54) is 41.6 Å². The van der Waals surface area contributed by atoms with Gasteiger partial charge in [0.25, 0.3) is 0 Å². The summed E-state index contributed by atoms with van der Waals surface area (Å²) >= 11 is 0. The fourth-order valence-electron chi connectivity index (χ4n) is 14.1. The molecule has 516 valence electrons. The van der Waals surface area contributed by atoms with Crippen molar-refractivity contribution < 1.29 is 59.2 Å². The molecule has 2 unspecified atom stereocenters. The molecule has 4 aromatic carbocycles. The van der Waals surface area contributed by atoms with Gasteiger partial charge in [0.05, 0.1) is 22.3 Å². The van der Waals surface area contributed by atoms with Gasteiger partial charge >= 0.3 is 0 Å². The maximum absolute atomic E-state index is 8.53. The molecule has 0 saturated carbocycles. The molecule has 0 aliphatic carbocycles. The summed E-state index contributed by atoms with van der Waals surface area (Å²) in [4.78, 5) is 18.0. The van der Waals surface area contributed by atoms with Gasteiger partial charge < -0.3 is 17.7 Å². The third-order valence-electron chi connectivity index (χ3n) is 19.4. The largest absolute Gasteiger partial charge is 0.437 e. The fraction of sp³-hybridized carbons (Fsp3) is 0.289. The zero-order valence-corrected chi connectivity index (χ0v) is 61.1. The van der Waals surface area contributed by atoms with Crippen LogP contribution in [0, 0.1) is 89.8 Å². The lowest BCUT2D eigenvalue weighted by Crippen LogP contribution is -2.32. The van der Waals surface area contributed by atoms with Gasteiger partial charge in [0, 0.05) is 137 Å². The van der Waals surface area contributed by atoms with E-state index in [4.69, 9.17) is 41.0 Å². The molecular formula is C90H96N8O4+4. The number of aromatic nitrogens is 8. The minimum absolute atomic E-state index is 0.176. The number of rotatable bonds is 7. The van der Waals surface area contributed by atoms with E-state index >= 15 is 0 Å². The zero-order valence-electron chi connectivity index (χ0n) is 78.1. The monoisotopic (exact) mass is 1370 g/mol. The van der Waals surface area contributed by atoms with E-state index < -0.39 is 46.0 Å². The van der Waals surface area contributed by atoms with Gasteiger partial charge in [0.1, 0.15) is 28.2 Å². The average Bonchev–Trinajstić information content (AvgIpc) is 1.60. The normalized spacial score (nSPS) is 16.0. The highest BCUT2D eigenvalue weighted by Gasteiger charge is 2.29. The fourth-order valence-corrected chi connectivity index (χ4v) is 14.1. The quantitative estimate of drug-likeness (QED) is 0.145. The first-order chi connectivity index (χ1) is 55.3. The number of hydrogen-bond donors (Lipinski definition) is 0. The minimum atomic E-state index is -2.53. The smallest absolute Gasteiger partial charge is 0.227 e. The maximum Gasteiger partial charge on any atom is 0.227 e. The molecule has 0 radical (unpaired) electrons. The van der Waals surface area contributed by atoms with Crippen molar-refractivity contribution in [2.75, 3.05) is 0 Å². The molecule has 0 saturated heterocycles. The van der Waals surface area contributed by atoms with Gasteiger partial charge in [0.15, 0.2) is 47.1 Å². The SMILES string of the molecule is Cc1ccc2c(n1)oc1c(-c3cc(C(C)C)cc[n+]3C)c(C)cc(C)c12.[2H]C([2H])([2H])c1cc(C)c(-c2cc(C([2H])(C)C([2H])([2H])[2H])cc[n+]2C)c2oc3nc(C)ccc3c12.[2H]C([2H])([2H])c1cc(C)c(-c2cc(C)c(C([2H])(C)C([2H])([2H])[2H])c[n+]2C)c2oc3nc(C)ccc3c12.[2H]C([2H])([2H])c1cc(C)c(-c2cccc[n+]2C)c2oc3nc(C)ccc3c12. The van der Waals surface area contributed by atoms with Crippen LogP contribution in [0.1, 0.15) is 172 Å². The summed E-state index contributed by atoms with van der Waals surface area (Å²) in [6.07, 6.45) is 7.47. The second-order valence-electron chi connectivity index (χ2n) is 27.5. The molecule has 12 nitrogen and oxygen atoms in total. The highest BCUT2D eigenvalue weighted by Crippen LogP contribution is 2.44. The molecule has 12 aromatic heterocycles. The lowest BCUT2D eigenvalue weighted by atomic mass is 9.94. The minimum Gasteiger partial charge on any atom is -0.437 e. The second-order valence-corrected chi connectivity index (χ2v) is 27.5. The van der Waals surface area contributed by atoms with Crippen LogP contribution in [-0.2, 0) is 28.2 Å². The summed E-state index contributed by atoms with van der Waals surface area (Å²) in [7, 11) is 7.64. The van der Waals surface area contributed by atoms with Gasteiger partial charge in [0.2, 0.25) is 45.6 Å². The molecule has 12 heteroatoms. The van der Waals surface area contributed by atoms with Gasteiger partial charge in [-0.2, -0.15) is 0 Å². The summed E-state index contributed by atoms with van der Waals surface area (Å²) in [5.41, 5.74) is 22.4. The van der Waals surface area contributed by atoms with Crippen molar-refractivity contribution in [1.82, 2.24) is 19.9 Å². The Labute approximate surface area is 622 Å². The Morgan fingerprint density at radius 1 is 0.343 bits per heavy atom. The van der Waals surface area contributed by atoms with Crippen LogP contribution in [0.4, 0.5) is 0 Å². The van der Waals surface area contributed by atoms with Crippen LogP contribution in [0.3, 0.4) is 0 Å². The lowest BCUT2D eigenvalue weighted by molar-refractivity contribution is -0.661. The number of furan rings is 4. The van der Waals surface area contributed by atoms with Crippen molar-refractivity contribution in [3.05, 3.63) is 236 Å². The molecule has 16 aromatic rings. The highest BCUT2D eigenvalue weighted by atomic mass is 16.4. The summed E-state index contributed by atoms with van der Waals surface area (Å²) in [6.45, 7) is 14.4. The van der Waals surface area contributed by atoms with E-state index in [-0.39, 0.29) is 11.1 Å². The molecule has 16 rings (SSSR count). The van der Waals surface area contributed by atoms with Crippen molar-refractivity contribution in [3.8, 4) is 45.0 Å². The van der Waals surface area contributed by atoms with Crippen LogP contribution < -0.4 is 18.3 Å². The van der Waals surface area contributed by atoms with Crippen molar-refractivity contribution in [2.24, 2.45) is 28.2 Å². The first kappa shape index (κ1) is 51.4. The predicted molar refractivity (Wildman–Crippen MR) is 416 cm³/mol. The molecule has 12 heterocycles. The zero-order chi connectivity index (χ0) is 87.1. The van der Waals surface area contributed by atoms with Crippen molar-refractivity contribution in [1.29, 1.82) is 0 Å². The summed E-state index contributed by atoms with van der Waals surface area (Å²) < 4.78 is 169. The summed E-state index contributed by atoms with van der Waals surface area (Å²) in [5.74, 6) is -3.13. The van der Waals surface area contributed by atoms with Crippen LogP contribution in [0.5, 0.6) is 0 Å². The molecule has 0 aliphatic rings. The van der Waals surface area contributed by atoms with Crippen LogP contribution >= 0.6 is 0 Å². The molecule has 0 N–H and O–H groups in total.